The van der Waals surface area contributed by atoms with Gasteiger partial charge in [-0.05, 0) is 42.5 Å². The molecule has 19 heavy (non-hydrogen) atoms. The first-order valence-corrected chi connectivity index (χ1v) is 6.16. The number of nitrogens with one attached hydrogen (secondary N) is 2. The number of aromatic amines is 1. The van der Waals surface area contributed by atoms with Gasteiger partial charge in [-0.25, -0.2) is 5.10 Å². The number of H-pyrrole nitrogens is 1. The minimum absolute atomic E-state index is 0.198. The van der Waals surface area contributed by atoms with Gasteiger partial charge in [0.25, 0.3) is 5.91 Å². The third-order valence-electron chi connectivity index (χ3n) is 3.24. The molecule has 6 nitrogen and oxygen atoms in total. The molecule has 3 rings (SSSR count). The normalized spacial score (nSPS) is 13.1. The average Bonchev–Trinajstić information content (AvgIpc) is 3.05. The number of methoxy groups -OCH3 is 1. The molecule has 0 unspecified atom stereocenters. The second-order valence-electron chi connectivity index (χ2n) is 4.46. The number of anilines is 1. The standard InChI is InChI=1S/C13H14N4O2/c1-19-13-15-12(16-17-13)14-11(18)10-6-5-8-3-2-4-9(8)7-10/h5-7H,2-4H2,1H3,(H2,14,15,16,17,18). The Hall–Kier alpha value is -2.37. The van der Waals surface area contributed by atoms with Crippen molar-refractivity contribution in [2.45, 2.75) is 19.3 Å². The fraction of sp³-hybridized carbons (Fsp3) is 0.308. The summed E-state index contributed by atoms with van der Waals surface area (Å²) in [7, 11) is 1.47. The van der Waals surface area contributed by atoms with E-state index < -0.39 is 0 Å². The average molecular weight is 258 g/mol. The van der Waals surface area contributed by atoms with Crippen LogP contribution in [-0.2, 0) is 12.8 Å². The molecule has 1 aliphatic rings. The monoisotopic (exact) mass is 258 g/mol. The van der Waals surface area contributed by atoms with Crippen LogP contribution in [0, 0.1) is 0 Å². The molecule has 1 aromatic heterocycles. The van der Waals surface area contributed by atoms with Gasteiger partial charge in [0, 0.05) is 5.56 Å². The Labute approximate surface area is 110 Å². The molecule has 0 fully saturated rings. The second-order valence-corrected chi connectivity index (χ2v) is 4.46. The summed E-state index contributed by atoms with van der Waals surface area (Å²) in [5.74, 6) is 0.0795. The van der Waals surface area contributed by atoms with Gasteiger partial charge in [0.2, 0.25) is 5.95 Å². The third kappa shape index (κ3) is 2.29. The maximum atomic E-state index is 12.1. The van der Waals surface area contributed by atoms with Crippen molar-refractivity contribution >= 4 is 11.9 Å². The van der Waals surface area contributed by atoms with Crippen molar-refractivity contribution in [2.24, 2.45) is 0 Å². The maximum Gasteiger partial charge on any atom is 0.336 e. The van der Waals surface area contributed by atoms with Crippen molar-refractivity contribution in [3.8, 4) is 6.01 Å². The van der Waals surface area contributed by atoms with Gasteiger partial charge in [0.15, 0.2) is 0 Å². The van der Waals surface area contributed by atoms with Crippen LogP contribution in [0.2, 0.25) is 0 Å². The Bertz CT molecular complexity index is 621. The number of aryl methyl sites for hydroxylation is 2. The summed E-state index contributed by atoms with van der Waals surface area (Å²) in [6.07, 6.45) is 3.32. The van der Waals surface area contributed by atoms with Crippen molar-refractivity contribution in [1.29, 1.82) is 0 Å². The number of rotatable bonds is 3. The minimum Gasteiger partial charge on any atom is -0.466 e. The predicted octanol–water partition coefficient (Wildman–Crippen LogP) is 1.55. The van der Waals surface area contributed by atoms with E-state index in [1.807, 2.05) is 18.2 Å². The molecule has 1 aliphatic carbocycles. The highest BCUT2D eigenvalue weighted by Gasteiger charge is 2.15. The van der Waals surface area contributed by atoms with Crippen LogP contribution in [0.15, 0.2) is 18.2 Å². The van der Waals surface area contributed by atoms with E-state index in [0.29, 0.717) is 5.56 Å². The van der Waals surface area contributed by atoms with E-state index in [1.54, 1.807) is 0 Å². The fourth-order valence-electron chi connectivity index (χ4n) is 2.29. The first-order valence-electron chi connectivity index (χ1n) is 6.16. The lowest BCUT2D eigenvalue weighted by Crippen LogP contribution is -2.13. The molecule has 2 N–H and O–H groups in total. The van der Waals surface area contributed by atoms with Gasteiger partial charge in [-0.15, -0.1) is 5.10 Å². The van der Waals surface area contributed by atoms with Gasteiger partial charge in [-0.3, -0.25) is 10.1 Å². The molecule has 0 aliphatic heterocycles. The van der Waals surface area contributed by atoms with Crippen molar-refractivity contribution in [2.75, 3.05) is 12.4 Å². The summed E-state index contributed by atoms with van der Waals surface area (Å²) in [5, 5.41) is 9.01. The first-order chi connectivity index (χ1) is 9.26. The van der Waals surface area contributed by atoms with Crippen LogP contribution >= 0.6 is 0 Å². The number of fused-ring (bicyclic) bond motifs is 1. The van der Waals surface area contributed by atoms with E-state index in [-0.39, 0.29) is 17.9 Å². The molecule has 0 spiro atoms. The largest absolute Gasteiger partial charge is 0.466 e. The highest BCUT2D eigenvalue weighted by atomic mass is 16.5. The number of amides is 1. The quantitative estimate of drug-likeness (QED) is 0.875. The number of hydrogen-bond acceptors (Lipinski definition) is 4. The first kappa shape index (κ1) is 11.7. The van der Waals surface area contributed by atoms with Crippen molar-refractivity contribution in [3.05, 3.63) is 34.9 Å². The molecule has 0 radical (unpaired) electrons. The number of aromatic nitrogens is 3. The number of nitrogens with zero attached hydrogens (tertiary/aromatic N) is 2. The zero-order chi connectivity index (χ0) is 13.2. The number of benzene rings is 1. The van der Waals surface area contributed by atoms with Crippen molar-refractivity contribution in [1.82, 2.24) is 15.2 Å². The van der Waals surface area contributed by atoms with Gasteiger partial charge in [-0.2, -0.15) is 4.98 Å². The van der Waals surface area contributed by atoms with Crippen LogP contribution in [0.25, 0.3) is 0 Å². The number of carbonyl (C=O) groups excluding carboxylic acids is 1. The summed E-state index contributed by atoms with van der Waals surface area (Å²) in [6, 6.07) is 6.01. The minimum atomic E-state index is -0.200. The number of hydrogen-bond donors (Lipinski definition) is 2. The summed E-state index contributed by atoms with van der Waals surface area (Å²) in [6.45, 7) is 0. The molecule has 0 atom stereocenters. The number of ether oxygens (including phenoxy) is 1. The summed E-state index contributed by atoms with van der Waals surface area (Å²) >= 11 is 0. The summed E-state index contributed by atoms with van der Waals surface area (Å²) < 4.78 is 4.84. The Balaban J connectivity index is 1.76. The molecular formula is C13H14N4O2. The zero-order valence-electron chi connectivity index (χ0n) is 10.6. The van der Waals surface area contributed by atoms with E-state index in [2.05, 4.69) is 20.5 Å². The van der Waals surface area contributed by atoms with Crippen LogP contribution in [0.4, 0.5) is 5.95 Å². The third-order valence-corrected chi connectivity index (χ3v) is 3.24. The molecule has 1 amide bonds. The van der Waals surface area contributed by atoms with E-state index in [1.165, 1.54) is 24.7 Å². The zero-order valence-corrected chi connectivity index (χ0v) is 10.6. The SMILES string of the molecule is COc1n[nH]c(NC(=O)c2ccc3c(c2)CCC3)n1. The van der Waals surface area contributed by atoms with Gasteiger partial charge >= 0.3 is 6.01 Å². The summed E-state index contributed by atoms with van der Waals surface area (Å²) in [5.41, 5.74) is 3.25. The predicted molar refractivity (Wildman–Crippen MR) is 69.4 cm³/mol. The molecule has 2 aromatic rings. The van der Waals surface area contributed by atoms with Crippen LogP contribution in [0.5, 0.6) is 6.01 Å². The van der Waals surface area contributed by atoms with Gasteiger partial charge in [-0.1, -0.05) is 6.07 Å². The van der Waals surface area contributed by atoms with Gasteiger partial charge < -0.3 is 4.74 Å². The Morgan fingerprint density at radius 2 is 2.21 bits per heavy atom. The molecule has 6 heteroatoms. The van der Waals surface area contributed by atoms with Crippen molar-refractivity contribution in [3.63, 3.8) is 0 Å². The van der Waals surface area contributed by atoms with Crippen LogP contribution in [0.3, 0.4) is 0 Å². The lowest BCUT2D eigenvalue weighted by atomic mass is 10.1. The Morgan fingerprint density at radius 1 is 1.37 bits per heavy atom. The van der Waals surface area contributed by atoms with E-state index in [0.717, 1.165) is 12.8 Å². The fourth-order valence-corrected chi connectivity index (χ4v) is 2.29. The molecular weight excluding hydrogens is 244 g/mol. The van der Waals surface area contributed by atoms with Crippen LogP contribution in [-0.4, -0.2) is 28.2 Å². The van der Waals surface area contributed by atoms with E-state index >= 15 is 0 Å². The van der Waals surface area contributed by atoms with E-state index in [4.69, 9.17) is 4.74 Å². The Morgan fingerprint density at radius 3 is 3.00 bits per heavy atom. The highest BCUT2D eigenvalue weighted by Crippen LogP contribution is 2.23. The van der Waals surface area contributed by atoms with Gasteiger partial charge in [0.1, 0.15) is 0 Å². The molecule has 0 saturated heterocycles. The lowest BCUT2D eigenvalue weighted by molar-refractivity contribution is 0.102. The van der Waals surface area contributed by atoms with Gasteiger partial charge in [0.05, 0.1) is 7.11 Å². The van der Waals surface area contributed by atoms with E-state index in [9.17, 15) is 4.79 Å². The number of carbonyl (C=O) groups is 1. The molecule has 0 bridgehead atoms. The van der Waals surface area contributed by atoms with Crippen LogP contribution < -0.4 is 10.1 Å². The highest BCUT2D eigenvalue weighted by molar-refractivity contribution is 6.03. The lowest BCUT2D eigenvalue weighted by Gasteiger charge is -2.04. The Kier molecular flexibility index (Phi) is 2.91. The van der Waals surface area contributed by atoms with Crippen LogP contribution in [0.1, 0.15) is 27.9 Å². The molecule has 0 saturated carbocycles. The van der Waals surface area contributed by atoms with Crippen molar-refractivity contribution < 1.29 is 9.53 Å². The second kappa shape index (κ2) is 4.72. The smallest absolute Gasteiger partial charge is 0.336 e. The maximum absolute atomic E-state index is 12.1. The molecule has 1 aromatic carbocycles. The molecule has 98 valence electrons. The molecule has 1 heterocycles. The topological polar surface area (TPSA) is 79.9 Å². The summed E-state index contributed by atoms with van der Waals surface area (Å²) in [4.78, 5) is 16.0.